The summed E-state index contributed by atoms with van der Waals surface area (Å²) in [5, 5.41) is 7.05. The summed E-state index contributed by atoms with van der Waals surface area (Å²) in [6, 6.07) is 15.1. The molecule has 1 aliphatic carbocycles. The van der Waals surface area contributed by atoms with E-state index in [0.717, 1.165) is 37.3 Å². The Balaban J connectivity index is 1.38. The van der Waals surface area contributed by atoms with Crippen LogP contribution in [0.1, 0.15) is 24.8 Å². The minimum absolute atomic E-state index is 0.309. The predicted octanol–water partition coefficient (Wildman–Crippen LogP) is 4.29. The lowest BCUT2D eigenvalue weighted by Gasteiger charge is -2.31. The van der Waals surface area contributed by atoms with Gasteiger partial charge in [-0.3, -0.25) is 9.69 Å². The van der Waals surface area contributed by atoms with Gasteiger partial charge in [0.15, 0.2) is 0 Å². The van der Waals surface area contributed by atoms with E-state index < -0.39 is 0 Å². The number of carbonyl (C=O) groups excluding carboxylic acids is 1. The third kappa shape index (κ3) is 3.70. The number of hydrogen-bond acceptors (Lipinski definition) is 4. The summed E-state index contributed by atoms with van der Waals surface area (Å²) in [6.07, 6.45) is 5.21. The van der Waals surface area contributed by atoms with Crippen molar-refractivity contribution in [2.75, 3.05) is 20.6 Å². The van der Waals surface area contributed by atoms with Crippen LogP contribution in [-0.4, -0.2) is 52.2 Å². The summed E-state index contributed by atoms with van der Waals surface area (Å²) >= 11 is 1.74. The molecule has 0 N–H and O–H groups in total. The highest BCUT2D eigenvalue weighted by Crippen LogP contribution is 2.40. The van der Waals surface area contributed by atoms with Gasteiger partial charge in [-0.2, -0.15) is 5.10 Å². The van der Waals surface area contributed by atoms with Gasteiger partial charge < -0.3 is 4.90 Å². The second kappa shape index (κ2) is 8.00. The zero-order valence-electron chi connectivity index (χ0n) is 17.6. The number of benzene rings is 1. The molecule has 1 saturated carbocycles. The number of likely N-dealkylation sites (tertiary alicyclic amines) is 1. The zero-order valence-corrected chi connectivity index (χ0v) is 18.4. The molecule has 5 rings (SSSR count). The Morgan fingerprint density at radius 2 is 1.93 bits per heavy atom. The maximum atomic E-state index is 12.1. The van der Waals surface area contributed by atoms with Crippen LogP contribution in [0.5, 0.6) is 0 Å². The van der Waals surface area contributed by atoms with Gasteiger partial charge in [0.1, 0.15) is 5.69 Å². The molecule has 0 bridgehead atoms. The normalized spacial score (nSPS) is 23.9. The third-order valence-corrected chi connectivity index (χ3v) is 7.67. The molecule has 30 heavy (non-hydrogen) atoms. The second-order valence-electron chi connectivity index (χ2n) is 8.80. The highest BCUT2D eigenvalue weighted by Gasteiger charge is 2.41. The van der Waals surface area contributed by atoms with Gasteiger partial charge in [0.05, 0.1) is 10.6 Å². The molecule has 3 heterocycles. The molecule has 156 valence electrons. The molecule has 0 unspecified atom stereocenters. The minimum atomic E-state index is 0.309. The summed E-state index contributed by atoms with van der Waals surface area (Å²) in [6.45, 7) is 1.79. The molecular formula is C24H28N4OS. The topological polar surface area (TPSA) is 41.4 Å². The fourth-order valence-corrected chi connectivity index (χ4v) is 5.85. The summed E-state index contributed by atoms with van der Waals surface area (Å²) < 4.78 is 2.00. The summed E-state index contributed by atoms with van der Waals surface area (Å²) in [5.74, 6) is 1.50. The number of rotatable bonds is 5. The van der Waals surface area contributed by atoms with Crippen LogP contribution in [0.3, 0.4) is 0 Å². The van der Waals surface area contributed by atoms with E-state index in [1.54, 1.807) is 11.3 Å². The first-order valence-corrected chi connectivity index (χ1v) is 11.6. The SMILES string of the molecule is CN1C[C@@H]2C[C@H](N(C)Cc3cn(-c4ccccc4)nc3-c3cccs3)C[C@@H]2CC1=O. The van der Waals surface area contributed by atoms with Gasteiger partial charge in [0.25, 0.3) is 0 Å². The van der Waals surface area contributed by atoms with Crippen molar-refractivity contribution in [2.24, 2.45) is 11.8 Å². The lowest BCUT2D eigenvalue weighted by atomic mass is 9.88. The standard InChI is InChI=1S/C24H28N4OS/c1-26(21-11-17-13-23(29)27(2)14-18(17)12-21)15-19-16-28(20-7-4-3-5-8-20)25-24(19)22-9-6-10-30-22/h3-10,16-18,21H,11-15H2,1-2H3/t17-,18+,21-/m1/s1. The molecule has 5 nitrogen and oxygen atoms in total. The van der Waals surface area contributed by atoms with Gasteiger partial charge in [0, 0.05) is 44.4 Å². The van der Waals surface area contributed by atoms with Crippen LogP contribution in [0, 0.1) is 11.8 Å². The Kier molecular flexibility index (Phi) is 5.21. The average molecular weight is 421 g/mol. The Labute approximate surface area is 181 Å². The number of para-hydroxylation sites is 1. The van der Waals surface area contributed by atoms with E-state index in [-0.39, 0.29) is 0 Å². The van der Waals surface area contributed by atoms with E-state index in [0.29, 0.717) is 23.8 Å². The monoisotopic (exact) mass is 420 g/mol. The number of hydrogen-bond donors (Lipinski definition) is 0. The number of aromatic nitrogens is 2. The lowest BCUT2D eigenvalue weighted by Crippen LogP contribution is -2.39. The zero-order chi connectivity index (χ0) is 20.7. The van der Waals surface area contributed by atoms with Crippen LogP contribution in [-0.2, 0) is 11.3 Å². The van der Waals surface area contributed by atoms with E-state index in [4.69, 9.17) is 5.10 Å². The molecule has 1 aliphatic heterocycles. The maximum Gasteiger partial charge on any atom is 0.222 e. The molecule has 1 saturated heterocycles. The van der Waals surface area contributed by atoms with Crippen molar-refractivity contribution in [1.82, 2.24) is 19.6 Å². The fourth-order valence-electron chi connectivity index (χ4n) is 5.10. The van der Waals surface area contributed by atoms with Crippen molar-refractivity contribution < 1.29 is 4.79 Å². The molecule has 1 amide bonds. The highest BCUT2D eigenvalue weighted by molar-refractivity contribution is 7.13. The second-order valence-corrected chi connectivity index (χ2v) is 9.75. The molecule has 0 spiro atoms. The number of piperidine rings is 1. The lowest BCUT2D eigenvalue weighted by molar-refractivity contribution is -0.134. The maximum absolute atomic E-state index is 12.1. The van der Waals surface area contributed by atoms with Gasteiger partial charge in [-0.25, -0.2) is 4.68 Å². The number of amides is 1. The molecule has 1 aromatic carbocycles. The number of thiophene rings is 1. The molecule has 6 heteroatoms. The number of fused-ring (bicyclic) bond motifs is 1. The summed E-state index contributed by atoms with van der Waals surface area (Å²) in [7, 11) is 4.17. The van der Waals surface area contributed by atoms with Crippen molar-refractivity contribution in [3.63, 3.8) is 0 Å². The van der Waals surface area contributed by atoms with E-state index in [9.17, 15) is 4.79 Å². The van der Waals surface area contributed by atoms with Crippen molar-refractivity contribution in [2.45, 2.75) is 31.8 Å². The summed E-state index contributed by atoms with van der Waals surface area (Å²) in [4.78, 5) is 17.7. The molecule has 3 aromatic rings. The first kappa shape index (κ1) is 19.5. The largest absolute Gasteiger partial charge is 0.345 e. The molecule has 0 radical (unpaired) electrons. The third-order valence-electron chi connectivity index (χ3n) is 6.80. The van der Waals surface area contributed by atoms with Crippen LogP contribution < -0.4 is 0 Å². The number of nitrogens with zero attached hydrogens (tertiary/aromatic N) is 4. The van der Waals surface area contributed by atoms with Crippen LogP contribution in [0.25, 0.3) is 16.3 Å². The van der Waals surface area contributed by atoms with Crippen molar-refractivity contribution >= 4 is 17.2 Å². The fraction of sp³-hybridized carbons (Fsp3) is 0.417. The van der Waals surface area contributed by atoms with E-state index in [2.05, 4.69) is 47.8 Å². The first-order valence-electron chi connectivity index (χ1n) is 10.7. The minimum Gasteiger partial charge on any atom is -0.345 e. The Hall–Kier alpha value is -2.44. The van der Waals surface area contributed by atoms with Gasteiger partial charge in [-0.15, -0.1) is 11.3 Å². The van der Waals surface area contributed by atoms with Gasteiger partial charge in [-0.05, 0) is 55.3 Å². The Morgan fingerprint density at radius 3 is 2.70 bits per heavy atom. The van der Waals surface area contributed by atoms with E-state index in [1.807, 2.05) is 34.8 Å². The molecule has 2 aromatic heterocycles. The van der Waals surface area contributed by atoms with Crippen LogP contribution >= 0.6 is 11.3 Å². The average Bonchev–Trinajstić information content (AvgIpc) is 3.48. The summed E-state index contributed by atoms with van der Waals surface area (Å²) in [5.41, 5.74) is 3.41. The Morgan fingerprint density at radius 1 is 1.13 bits per heavy atom. The van der Waals surface area contributed by atoms with Gasteiger partial charge in [0.2, 0.25) is 5.91 Å². The Bertz CT molecular complexity index is 1010. The smallest absolute Gasteiger partial charge is 0.222 e. The molecule has 2 aliphatic rings. The van der Waals surface area contributed by atoms with Crippen molar-refractivity contribution in [1.29, 1.82) is 0 Å². The van der Waals surface area contributed by atoms with Gasteiger partial charge >= 0.3 is 0 Å². The van der Waals surface area contributed by atoms with Gasteiger partial charge in [-0.1, -0.05) is 24.3 Å². The van der Waals surface area contributed by atoms with E-state index >= 15 is 0 Å². The number of carbonyl (C=O) groups is 1. The predicted molar refractivity (Wildman–Crippen MR) is 121 cm³/mol. The quantitative estimate of drug-likeness (QED) is 0.618. The highest BCUT2D eigenvalue weighted by atomic mass is 32.1. The molecular weight excluding hydrogens is 392 g/mol. The van der Waals surface area contributed by atoms with Crippen molar-refractivity contribution in [3.8, 4) is 16.3 Å². The van der Waals surface area contributed by atoms with Crippen LogP contribution in [0.15, 0.2) is 54.0 Å². The van der Waals surface area contributed by atoms with Crippen LogP contribution in [0.4, 0.5) is 0 Å². The first-order chi connectivity index (χ1) is 14.6. The van der Waals surface area contributed by atoms with Crippen LogP contribution in [0.2, 0.25) is 0 Å². The molecule has 3 atom stereocenters. The van der Waals surface area contributed by atoms with E-state index in [1.165, 1.54) is 16.9 Å². The van der Waals surface area contributed by atoms with Crippen molar-refractivity contribution in [3.05, 3.63) is 59.6 Å². The molecule has 2 fully saturated rings.